The molecule has 2 aliphatic heterocycles. The molecule has 2 aromatic rings. The maximum Gasteiger partial charge on any atom is 0.269 e. The van der Waals surface area contributed by atoms with Crippen LogP contribution in [-0.4, -0.2) is 53.0 Å². The lowest BCUT2D eigenvalue weighted by atomic mass is 9.88. The smallest absolute Gasteiger partial charge is 0.269 e. The molecule has 32 heavy (non-hydrogen) atoms. The highest BCUT2D eigenvalue weighted by Gasteiger charge is 2.43. The standard InChI is InChI=1S/C23H24F3N3O3/c24-15-11-18(25)17(19(26)12-15)13-21(30)29-9-6-23(7-10-29)5-4-16(32-23)14-28-22(31)20-3-1-2-8-27-20/h1-3,8,11-12,16H,4-7,9-10,13-14H2,(H,28,31)/t16-/m0/s1. The number of hydrogen-bond acceptors (Lipinski definition) is 4. The molecule has 0 saturated carbocycles. The summed E-state index contributed by atoms with van der Waals surface area (Å²) in [4.78, 5) is 30.3. The van der Waals surface area contributed by atoms with Crippen LogP contribution in [-0.2, 0) is 16.0 Å². The predicted octanol–water partition coefficient (Wildman–Crippen LogP) is 3.01. The van der Waals surface area contributed by atoms with Crippen LogP contribution < -0.4 is 5.32 Å². The van der Waals surface area contributed by atoms with Crippen LogP contribution in [0.5, 0.6) is 0 Å². The number of carbonyl (C=O) groups excluding carboxylic acids is 2. The number of nitrogens with one attached hydrogen (secondary N) is 1. The summed E-state index contributed by atoms with van der Waals surface area (Å²) in [6.07, 6.45) is 3.82. The van der Waals surface area contributed by atoms with Crippen LogP contribution in [0.1, 0.15) is 41.7 Å². The molecule has 0 unspecified atom stereocenters. The third kappa shape index (κ3) is 4.93. The summed E-state index contributed by atoms with van der Waals surface area (Å²) in [6.45, 7) is 1.20. The lowest BCUT2D eigenvalue weighted by Gasteiger charge is -2.39. The van der Waals surface area contributed by atoms with Crippen LogP contribution in [0.15, 0.2) is 36.5 Å². The number of pyridine rings is 1. The molecule has 1 spiro atoms. The van der Waals surface area contributed by atoms with E-state index in [1.807, 2.05) is 0 Å². The van der Waals surface area contributed by atoms with Gasteiger partial charge in [0.15, 0.2) is 0 Å². The van der Waals surface area contributed by atoms with Crippen LogP contribution in [0.3, 0.4) is 0 Å². The molecule has 2 aliphatic rings. The van der Waals surface area contributed by atoms with Crippen molar-refractivity contribution in [3.8, 4) is 0 Å². The summed E-state index contributed by atoms with van der Waals surface area (Å²) in [5.41, 5.74) is -0.428. The molecule has 4 rings (SSSR count). The second-order valence-electron chi connectivity index (χ2n) is 8.29. The number of rotatable bonds is 5. The fourth-order valence-electron chi connectivity index (χ4n) is 4.37. The van der Waals surface area contributed by atoms with E-state index >= 15 is 0 Å². The highest BCUT2D eigenvalue weighted by Crippen LogP contribution is 2.39. The maximum absolute atomic E-state index is 13.9. The Morgan fingerprint density at radius 2 is 1.84 bits per heavy atom. The number of halogens is 3. The molecule has 2 fully saturated rings. The van der Waals surface area contributed by atoms with E-state index in [1.54, 1.807) is 29.3 Å². The number of nitrogens with zero attached hydrogens (tertiary/aromatic N) is 2. The van der Waals surface area contributed by atoms with E-state index in [0.717, 1.165) is 12.8 Å². The topological polar surface area (TPSA) is 71.5 Å². The fourth-order valence-corrected chi connectivity index (χ4v) is 4.37. The third-order valence-corrected chi connectivity index (χ3v) is 6.19. The molecule has 1 atom stereocenters. The van der Waals surface area contributed by atoms with Crippen molar-refractivity contribution in [2.45, 2.75) is 43.8 Å². The molecule has 0 aliphatic carbocycles. The van der Waals surface area contributed by atoms with Crippen LogP contribution in [0, 0.1) is 17.5 Å². The molecular formula is C23H24F3N3O3. The van der Waals surface area contributed by atoms with E-state index in [4.69, 9.17) is 4.74 Å². The van der Waals surface area contributed by atoms with Gasteiger partial charge in [-0.1, -0.05) is 6.07 Å². The van der Waals surface area contributed by atoms with E-state index in [-0.39, 0.29) is 17.6 Å². The van der Waals surface area contributed by atoms with Gasteiger partial charge >= 0.3 is 0 Å². The molecule has 1 aromatic carbocycles. The quantitative estimate of drug-likeness (QED) is 0.765. The lowest BCUT2D eigenvalue weighted by molar-refractivity contribution is -0.136. The van der Waals surface area contributed by atoms with Gasteiger partial charge in [0.2, 0.25) is 5.91 Å². The summed E-state index contributed by atoms with van der Waals surface area (Å²) in [5, 5.41) is 2.84. The molecule has 170 valence electrons. The Hall–Kier alpha value is -2.94. The molecule has 6 nitrogen and oxygen atoms in total. The zero-order valence-electron chi connectivity index (χ0n) is 17.5. The summed E-state index contributed by atoms with van der Waals surface area (Å²) in [6, 6.07) is 6.29. The van der Waals surface area contributed by atoms with E-state index in [9.17, 15) is 22.8 Å². The fraction of sp³-hybridized carbons (Fsp3) is 0.435. The lowest BCUT2D eigenvalue weighted by Crippen LogP contribution is -2.47. The average molecular weight is 447 g/mol. The normalized spacial score (nSPS) is 19.8. The summed E-state index contributed by atoms with van der Waals surface area (Å²) >= 11 is 0. The van der Waals surface area contributed by atoms with Crippen molar-refractivity contribution in [3.63, 3.8) is 0 Å². The minimum atomic E-state index is -1.06. The Labute approximate surface area is 183 Å². The minimum absolute atomic E-state index is 0.118. The van der Waals surface area contributed by atoms with Gasteiger partial charge in [0.1, 0.15) is 23.1 Å². The monoisotopic (exact) mass is 447 g/mol. The Balaban J connectivity index is 1.26. The van der Waals surface area contributed by atoms with Gasteiger partial charge in [0, 0.05) is 43.5 Å². The molecule has 2 saturated heterocycles. The van der Waals surface area contributed by atoms with Gasteiger partial charge in [0.05, 0.1) is 18.1 Å². The average Bonchev–Trinajstić information content (AvgIpc) is 3.18. The van der Waals surface area contributed by atoms with Crippen LogP contribution in [0.2, 0.25) is 0 Å². The molecule has 2 amide bonds. The summed E-state index contributed by atoms with van der Waals surface area (Å²) < 4.78 is 47.0. The summed E-state index contributed by atoms with van der Waals surface area (Å²) in [7, 11) is 0. The molecule has 1 aromatic heterocycles. The first kappa shape index (κ1) is 22.3. The molecule has 3 heterocycles. The Kier molecular flexibility index (Phi) is 6.45. The van der Waals surface area contributed by atoms with Gasteiger partial charge in [-0.15, -0.1) is 0 Å². The molecule has 9 heteroatoms. The van der Waals surface area contributed by atoms with E-state index in [2.05, 4.69) is 10.3 Å². The van der Waals surface area contributed by atoms with Crippen molar-refractivity contribution >= 4 is 11.8 Å². The molecule has 0 radical (unpaired) electrons. The van der Waals surface area contributed by atoms with Crippen molar-refractivity contribution in [2.24, 2.45) is 0 Å². The second kappa shape index (κ2) is 9.28. The first-order valence-electron chi connectivity index (χ1n) is 10.6. The number of amides is 2. The SMILES string of the molecule is O=C(NC[C@@H]1CCC2(CCN(C(=O)Cc3c(F)cc(F)cc3F)CC2)O1)c1ccccn1. The first-order valence-corrected chi connectivity index (χ1v) is 10.6. The molecular weight excluding hydrogens is 423 g/mol. The minimum Gasteiger partial charge on any atom is -0.370 e. The van der Waals surface area contributed by atoms with E-state index < -0.39 is 35.3 Å². The van der Waals surface area contributed by atoms with Crippen LogP contribution >= 0.6 is 0 Å². The predicted molar refractivity (Wildman–Crippen MR) is 109 cm³/mol. The number of ether oxygens (including phenoxy) is 1. The third-order valence-electron chi connectivity index (χ3n) is 6.19. The Morgan fingerprint density at radius 3 is 2.50 bits per heavy atom. The van der Waals surface area contributed by atoms with Crippen LogP contribution in [0.25, 0.3) is 0 Å². The van der Waals surface area contributed by atoms with Crippen LogP contribution in [0.4, 0.5) is 13.2 Å². The Bertz CT molecular complexity index is 971. The van der Waals surface area contributed by atoms with Crippen molar-refractivity contribution in [2.75, 3.05) is 19.6 Å². The van der Waals surface area contributed by atoms with Gasteiger partial charge in [-0.05, 0) is 37.8 Å². The maximum atomic E-state index is 13.9. The number of aromatic nitrogens is 1. The first-order chi connectivity index (χ1) is 15.3. The van der Waals surface area contributed by atoms with Gasteiger partial charge in [0.25, 0.3) is 5.91 Å². The van der Waals surface area contributed by atoms with Gasteiger partial charge < -0.3 is 15.0 Å². The number of carbonyl (C=O) groups is 2. The highest BCUT2D eigenvalue weighted by molar-refractivity contribution is 5.92. The van der Waals surface area contributed by atoms with Gasteiger partial charge in [-0.3, -0.25) is 14.6 Å². The number of hydrogen-bond donors (Lipinski definition) is 1. The Morgan fingerprint density at radius 1 is 1.12 bits per heavy atom. The molecule has 0 bridgehead atoms. The summed E-state index contributed by atoms with van der Waals surface area (Å²) in [5.74, 6) is -3.78. The van der Waals surface area contributed by atoms with E-state index in [0.29, 0.717) is 50.3 Å². The number of likely N-dealkylation sites (tertiary alicyclic amines) is 1. The number of piperidine rings is 1. The van der Waals surface area contributed by atoms with Crippen molar-refractivity contribution in [3.05, 3.63) is 65.2 Å². The highest BCUT2D eigenvalue weighted by atomic mass is 19.1. The van der Waals surface area contributed by atoms with Gasteiger partial charge in [-0.2, -0.15) is 0 Å². The van der Waals surface area contributed by atoms with Crippen molar-refractivity contribution in [1.29, 1.82) is 0 Å². The zero-order valence-corrected chi connectivity index (χ0v) is 17.5. The largest absolute Gasteiger partial charge is 0.370 e. The van der Waals surface area contributed by atoms with Crippen molar-refractivity contribution < 1.29 is 27.5 Å². The second-order valence-corrected chi connectivity index (χ2v) is 8.29. The van der Waals surface area contributed by atoms with E-state index in [1.165, 1.54) is 0 Å². The molecule has 1 N–H and O–H groups in total. The number of benzene rings is 1. The van der Waals surface area contributed by atoms with Crippen molar-refractivity contribution in [1.82, 2.24) is 15.2 Å². The zero-order chi connectivity index (χ0) is 22.7. The van der Waals surface area contributed by atoms with Gasteiger partial charge in [-0.25, -0.2) is 13.2 Å².